The molecule has 0 bridgehead atoms. The molecule has 0 aliphatic heterocycles. The number of rotatable bonds is 6. The Balaban J connectivity index is 2.10. The molecular weight excluding hydrogens is 246 g/mol. The lowest BCUT2D eigenvalue weighted by Crippen LogP contribution is -2.35. The zero-order valence-electron chi connectivity index (χ0n) is 12.1. The second kappa shape index (κ2) is 7.01. The van der Waals surface area contributed by atoms with Crippen molar-refractivity contribution in [3.63, 3.8) is 0 Å². The molecule has 0 radical (unpaired) electrons. The van der Waals surface area contributed by atoms with Gasteiger partial charge in [-0.1, -0.05) is 61.5 Å². The highest BCUT2D eigenvalue weighted by Gasteiger charge is 2.14. The largest absolute Gasteiger partial charge is 0.310 e. The van der Waals surface area contributed by atoms with Crippen LogP contribution in [0.2, 0.25) is 0 Å². The van der Waals surface area contributed by atoms with E-state index in [1.807, 2.05) is 32.2 Å². The fourth-order valence-electron chi connectivity index (χ4n) is 2.32. The van der Waals surface area contributed by atoms with Crippen molar-refractivity contribution >= 4 is 5.78 Å². The molecule has 0 aromatic heterocycles. The van der Waals surface area contributed by atoms with E-state index in [4.69, 9.17) is 0 Å². The van der Waals surface area contributed by atoms with E-state index in [0.717, 1.165) is 6.42 Å². The van der Waals surface area contributed by atoms with E-state index in [9.17, 15) is 4.79 Å². The highest BCUT2D eigenvalue weighted by Crippen LogP contribution is 2.19. The summed E-state index contributed by atoms with van der Waals surface area (Å²) in [6, 6.07) is 18.7. The zero-order valence-corrected chi connectivity index (χ0v) is 12.1. The number of carbonyl (C=O) groups is 1. The van der Waals surface area contributed by atoms with E-state index in [0.29, 0.717) is 6.42 Å². The van der Waals surface area contributed by atoms with Gasteiger partial charge in [-0.15, -0.1) is 0 Å². The molecule has 0 fully saturated rings. The third kappa shape index (κ3) is 3.55. The molecule has 0 spiro atoms. The van der Waals surface area contributed by atoms with Crippen molar-refractivity contribution in [1.82, 2.24) is 5.32 Å². The standard InChI is InChI=1S/C18H21NO/c1-3-18(20)17(19-2)13-14-9-11-16(12-10-14)15-7-5-4-6-8-15/h4-12,17,19H,3,13H2,1-2H3. The summed E-state index contributed by atoms with van der Waals surface area (Å²) in [7, 11) is 1.84. The normalized spacial score (nSPS) is 12.1. The molecular formula is C18H21NO. The van der Waals surface area contributed by atoms with E-state index >= 15 is 0 Å². The molecule has 0 heterocycles. The molecule has 1 N–H and O–H groups in total. The second-order valence-corrected chi connectivity index (χ2v) is 4.93. The number of Topliss-reactive ketones (excluding diaryl/α,β-unsaturated/α-hetero) is 1. The molecule has 1 atom stereocenters. The van der Waals surface area contributed by atoms with E-state index in [1.165, 1.54) is 16.7 Å². The van der Waals surface area contributed by atoms with Crippen LogP contribution in [0.1, 0.15) is 18.9 Å². The Hall–Kier alpha value is -1.93. The molecule has 2 nitrogen and oxygen atoms in total. The lowest BCUT2D eigenvalue weighted by molar-refractivity contribution is -0.120. The maximum Gasteiger partial charge on any atom is 0.149 e. The van der Waals surface area contributed by atoms with Crippen molar-refractivity contribution < 1.29 is 4.79 Å². The fourth-order valence-corrected chi connectivity index (χ4v) is 2.32. The van der Waals surface area contributed by atoms with Crippen LogP contribution in [0.15, 0.2) is 54.6 Å². The first-order valence-corrected chi connectivity index (χ1v) is 7.09. The van der Waals surface area contributed by atoms with Crippen molar-refractivity contribution in [3.8, 4) is 11.1 Å². The predicted molar refractivity (Wildman–Crippen MR) is 83.7 cm³/mol. The summed E-state index contributed by atoms with van der Waals surface area (Å²) < 4.78 is 0. The quantitative estimate of drug-likeness (QED) is 0.868. The summed E-state index contributed by atoms with van der Waals surface area (Å²) in [4.78, 5) is 11.8. The minimum Gasteiger partial charge on any atom is -0.310 e. The van der Waals surface area contributed by atoms with Gasteiger partial charge < -0.3 is 5.32 Å². The van der Waals surface area contributed by atoms with Crippen LogP contribution in [-0.2, 0) is 11.2 Å². The molecule has 0 aliphatic rings. The molecule has 0 aliphatic carbocycles. The number of benzene rings is 2. The highest BCUT2D eigenvalue weighted by molar-refractivity contribution is 5.84. The lowest BCUT2D eigenvalue weighted by Gasteiger charge is -2.14. The Morgan fingerprint density at radius 3 is 2.15 bits per heavy atom. The third-order valence-corrected chi connectivity index (χ3v) is 3.59. The first-order chi connectivity index (χ1) is 9.74. The number of hydrogen-bond donors (Lipinski definition) is 1. The van der Waals surface area contributed by atoms with Crippen LogP contribution in [0.5, 0.6) is 0 Å². The topological polar surface area (TPSA) is 29.1 Å². The second-order valence-electron chi connectivity index (χ2n) is 4.93. The number of hydrogen-bond acceptors (Lipinski definition) is 2. The Bertz CT molecular complexity index is 545. The Kier molecular flexibility index (Phi) is 5.08. The van der Waals surface area contributed by atoms with Gasteiger partial charge in [0.15, 0.2) is 0 Å². The van der Waals surface area contributed by atoms with Crippen molar-refractivity contribution in [2.45, 2.75) is 25.8 Å². The van der Waals surface area contributed by atoms with Crippen LogP contribution in [0, 0.1) is 0 Å². The maximum absolute atomic E-state index is 11.8. The van der Waals surface area contributed by atoms with Gasteiger partial charge in [0.25, 0.3) is 0 Å². The summed E-state index contributed by atoms with van der Waals surface area (Å²) in [5.74, 6) is 0.264. The van der Waals surface area contributed by atoms with Crippen LogP contribution >= 0.6 is 0 Å². The third-order valence-electron chi connectivity index (χ3n) is 3.59. The van der Waals surface area contributed by atoms with Crippen molar-refractivity contribution in [3.05, 3.63) is 60.2 Å². The van der Waals surface area contributed by atoms with Crippen molar-refractivity contribution in [2.75, 3.05) is 7.05 Å². The number of nitrogens with one attached hydrogen (secondary N) is 1. The highest BCUT2D eigenvalue weighted by atomic mass is 16.1. The van der Waals surface area contributed by atoms with Gasteiger partial charge in [0.2, 0.25) is 0 Å². The Morgan fingerprint density at radius 2 is 1.60 bits per heavy atom. The number of ketones is 1. The first-order valence-electron chi connectivity index (χ1n) is 7.09. The molecule has 2 rings (SSSR count). The molecule has 1 unspecified atom stereocenters. The average molecular weight is 267 g/mol. The van der Waals surface area contributed by atoms with E-state index in [2.05, 4.69) is 41.7 Å². The average Bonchev–Trinajstić information content (AvgIpc) is 2.53. The van der Waals surface area contributed by atoms with Crippen LogP contribution in [-0.4, -0.2) is 18.9 Å². The van der Waals surface area contributed by atoms with E-state index in [-0.39, 0.29) is 11.8 Å². The van der Waals surface area contributed by atoms with E-state index < -0.39 is 0 Å². The predicted octanol–water partition coefficient (Wildman–Crippen LogP) is 3.46. The smallest absolute Gasteiger partial charge is 0.149 e. The fraction of sp³-hybridized carbons (Fsp3) is 0.278. The minimum atomic E-state index is -0.0809. The van der Waals surface area contributed by atoms with Crippen LogP contribution in [0.25, 0.3) is 11.1 Å². The van der Waals surface area contributed by atoms with Crippen molar-refractivity contribution in [1.29, 1.82) is 0 Å². The Morgan fingerprint density at radius 1 is 1.00 bits per heavy atom. The maximum atomic E-state index is 11.8. The molecule has 2 aromatic carbocycles. The SMILES string of the molecule is CCC(=O)C(Cc1ccc(-c2ccccc2)cc1)NC. The van der Waals surface area contributed by atoms with Gasteiger partial charge in [-0.2, -0.15) is 0 Å². The minimum absolute atomic E-state index is 0.0809. The summed E-state index contributed by atoms with van der Waals surface area (Å²) in [5.41, 5.74) is 3.61. The van der Waals surface area contributed by atoms with E-state index in [1.54, 1.807) is 0 Å². The van der Waals surface area contributed by atoms with Gasteiger partial charge in [-0.25, -0.2) is 0 Å². The van der Waals surface area contributed by atoms with Gasteiger partial charge in [0.1, 0.15) is 5.78 Å². The summed E-state index contributed by atoms with van der Waals surface area (Å²) in [5, 5.41) is 3.10. The molecule has 0 amide bonds. The zero-order chi connectivity index (χ0) is 14.4. The molecule has 2 aromatic rings. The Labute approximate surface area is 120 Å². The summed E-state index contributed by atoms with van der Waals surface area (Å²) in [6.45, 7) is 1.91. The van der Waals surface area contributed by atoms with Gasteiger partial charge in [0.05, 0.1) is 6.04 Å². The monoisotopic (exact) mass is 267 g/mol. The molecule has 0 saturated carbocycles. The molecule has 0 saturated heterocycles. The number of likely N-dealkylation sites (N-methyl/N-ethyl adjacent to an activating group) is 1. The lowest BCUT2D eigenvalue weighted by atomic mass is 9.98. The molecule has 20 heavy (non-hydrogen) atoms. The summed E-state index contributed by atoms with van der Waals surface area (Å²) in [6.07, 6.45) is 1.33. The molecule has 2 heteroatoms. The molecule has 104 valence electrons. The van der Waals surface area contributed by atoms with Gasteiger partial charge in [0, 0.05) is 6.42 Å². The van der Waals surface area contributed by atoms with Crippen LogP contribution in [0.4, 0.5) is 0 Å². The first kappa shape index (κ1) is 14.5. The number of carbonyl (C=O) groups excluding carboxylic acids is 1. The summed E-state index contributed by atoms with van der Waals surface area (Å²) >= 11 is 0. The van der Waals surface area contributed by atoms with Crippen LogP contribution < -0.4 is 5.32 Å². The van der Waals surface area contributed by atoms with Crippen LogP contribution in [0.3, 0.4) is 0 Å². The van der Waals surface area contributed by atoms with Gasteiger partial charge >= 0.3 is 0 Å². The van der Waals surface area contributed by atoms with Gasteiger partial charge in [-0.3, -0.25) is 4.79 Å². The van der Waals surface area contributed by atoms with Gasteiger partial charge in [-0.05, 0) is 30.2 Å². The van der Waals surface area contributed by atoms with Crippen molar-refractivity contribution in [2.24, 2.45) is 0 Å².